The topological polar surface area (TPSA) is 53.5 Å². The van der Waals surface area contributed by atoms with Crippen LogP contribution in [0, 0.1) is 0 Å². The highest BCUT2D eigenvalue weighted by Gasteiger charge is 2.18. The Hall–Kier alpha value is -2.99. The molecule has 6 heteroatoms. The van der Waals surface area contributed by atoms with Crippen LogP contribution in [-0.2, 0) is 13.0 Å². The van der Waals surface area contributed by atoms with Crippen LogP contribution >= 0.6 is 11.3 Å². The number of aromatic nitrogens is 1. The number of hydrogen-bond donors (Lipinski definition) is 0. The van der Waals surface area contributed by atoms with E-state index in [0.717, 1.165) is 17.0 Å². The largest absolute Gasteiger partial charge is 0.345 e. The third kappa shape index (κ3) is 5.29. The van der Waals surface area contributed by atoms with E-state index in [1.807, 2.05) is 42.6 Å². The number of hydrogen-bond acceptors (Lipinski definition) is 4. The molecule has 0 unspecified atom stereocenters. The van der Waals surface area contributed by atoms with Gasteiger partial charge in [0.25, 0.3) is 11.8 Å². The summed E-state index contributed by atoms with van der Waals surface area (Å²) in [5.74, 6) is -0.107. The number of nitrogens with zero attached hydrogens (tertiary/aromatic N) is 3. The van der Waals surface area contributed by atoms with Gasteiger partial charge in [-0.1, -0.05) is 42.5 Å². The van der Waals surface area contributed by atoms with Crippen LogP contribution in [-0.4, -0.2) is 47.2 Å². The lowest BCUT2D eigenvalue weighted by molar-refractivity contribution is 0.0746. The molecule has 0 saturated carbocycles. The molecular weight excluding hydrogens is 382 g/mol. The van der Waals surface area contributed by atoms with E-state index in [1.54, 1.807) is 36.0 Å². The summed E-state index contributed by atoms with van der Waals surface area (Å²) in [4.78, 5) is 32.8. The lowest BCUT2D eigenvalue weighted by atomic mass is 10.1. The summed E-state index contributed by atoms with van der Waals surface area (Å²) in [5.41, 5.74) is 3.29. The Kier molecular flexibility index (Phi) is 6.77. The Morgan fingerprint density at radius 3 is 2.24 bits per heavy atom. The number of thiazole rings is 1. The molecule has 0 fully saturated rings. The van der Waals surface area contributed by atoms with Gasteiger partial charge in [-0.15, -0.1) is 11.3 Å². The molecule has 1 aromatic heterocycles. The Balaban J connectivity index is 1.67. The molecule has 0 aliphatic carbocycles. The predicted molar refractivity (Wildman–Crippen MR) is 116 cm³/mol. The second-order valence-corrected chi connectivity index (χ2v) is 7.95. The number of rotatable bonds is 7. The molecule has 29 heavy (non-hydrogen) atoms. The van der Waals surface area contributed by atoms with Crippen LogP contribution in [0.3, 0.4) is 0 Å². The minimum Gasteiger partial charge on any atom is -0.345 e. The molecule has 0 radical (unpaired) electrons. The minimum atomic E-state index is -0.0727. The highest BCUT2D eigenvalue weighted by molar-refractivity contribution is 7.09. The van der Waals surface area contributed by atoms with E-state index in [4.69, 9.17) is 0 Å². The molecule has 5 nitrogen and oxygen atoms in total. The molecule has 3 aromatic rings. The summed E-state index contributed by atoms with van der Waals surface area (Å²) in [6.07, 6.45) is 0.728. The normalized spacial score (nSPS) is 10.6. The van der Waals surface area contributed by atoms with Gasteiger partial charge < -0.3 is 9.80 Å². The third-order valence-corrected chi connectivity index (χ3v) is 5.47. The van der Waals surface area contributed by atoms with Crippen molar-refractivity contribution in [2.45, 2.75) is 19.9 Å². The summed E-state index contributed by atoms with van der Waals surface area (Å²) in [5, 5.41) is 2.77. The standard InChI is InChI=1S/C23H25N3O2S/c1-4-26(15-18-10-12-19(13-11-18)22(27)25(2)3)23(28)20-16-29-21(24-20)14-17-8-6-5-7-9-17/h5-13,16H,4,14-15H2,1-3H3. The zero-order valence-corrected chi connectivity index (χ0v) is 17.8. The Morgan fingerprint density at radius 1 is 0.931 bits per heavy atom. The molecule has 0 N–H and O–H groups in total. The second kappa shape index (κ2) is 9.47. The fraction of sp³-hybridized carbons (Fsp3) is 0.261. The summed E-state index contributed by atoms with van der Waals surface area (Å²) in [6, 6.07) is 17.5. The number of benzene rings is 2. The van der Waals surface area contributed by atoms with Crippen molar-refractivity contribution >= 4 is 23.2 Å². The van der Waals surface area contributed by atoms with Crippen LogP contribution < -0.4 is 0 Å². The van der Waals surface area contributed by atoms with Crippen LogP contribution in [0.2, 0.25) is 0 Å². The van der Waals surface area contributed by atoms with E-state index in [0.29, 0.717) is 24.3 Å². The van der Waals surface area contributed by atoms with Crippen LogP contribution in [0.5, 0.6) is 0 Å². The van der Waals surface area contributed by atoms with Crippen molar-refractivity contribution in [1.82, 2.24) is 14.8 Å². The number of carbonyl (C=O) groups is 2. The van der Waals surface area contributed by atoms with E-state index in [9.17, 15) is 9.59 Å². The monoisotopic (exact) mass is 407 g/mol. The van der Waals surface area contributed by atoms with Gasteiger partial charge in [0.05, 0.1) is 5.01 Å². The van der Waals surface area contributed by atoms with Gasteiger partial charge in [-0.3, -0.25) is 9.59 Å². The number of amides is 2. The molecule has 0 aliphatic rings. The molecule has 0 aliphatic heterocycles. The van der Waals surface area contributed by atoms with Crippen molar-refractivity contribution in [1.29, 1.82) is 0 Å². The fourth-order valence-electron chi connectivity index (χ4n) is 2.98. The molecule has 2 aromatic carbocycles. The van der Waals surface area contributed by atoms with Crippen molar-refractivity contribution < 1.29 is 9.59 Å². The smallest absolute Gasteiger partial charge is 0.273 e. The zero-order chi connectivity index (χ0) is 20.8. The maximum absolute atomic E-state index is 12.9. The Bertz CT molecular complexity index is 965. The highest BCUT2D eigenvalue weighted by Crippen LogP contribution is 2.17. The second-order valence-electron chi connectivity index (χ2n) is 7.00. The van der Waals surface area contributed by atoms with Gasteiger partial charge >= 0.3 is 0 Å². The first-order chi connectivity index (χ1) is 14.0. The molecule has 0 bridgehead atoms. The molecular formula is C23H25N3O2S. The van der Waals surface area contributed by atoms with Gasteiger partial charge in [-0.25, -0.2) is 4.98 Å². The van der Waals surface area contributed by atoms with E-state index >= 15 is 0 Å². The van der Waals surface area contributed by atoms with Gasteiger partial charge in [-0.05, 0) is 30.2 Å². The van der Waals surface area contributed by atoms with Gasteiger partial charge in [0.15, 0.2) is 0 Å². The first kappa shape index (κ1) is 20.7. The summed E-state index contributed by atoms with van der Waals surface area (Å²) in [7, 11) is 3.46. The first-order valence-corrected chi connectivity index (χ1v) is 10.4. The van der Waals surface area contributed by atoms with Gasteiger partial charge in [0.2, 0.25) is 0 Å². The quantitative estimate of drug-likeness (QED) is 0.593. The van der Waals surface area contributed by atoms with Crippen molar-refractivity contribution in [2.75, 3.05) is 20.6 Å². The SMILES string of the molecule is CCN(Cc1ccc(C(=O)N(C)C)cc1)C(=O)c1csc(Cc2ccccc2)n1. The molecule has 1 heterocycles. The third-order valence-electron chi connectivity index (χ3n) is 4.62. The highest BCUT2D eigenvalue weighted by atomic mass is 32.1. The van der Waals surface area contributed by atoms with Crippen LogP contribution in [0.1, 0.15) is 43.9 Å². The van der Waals surface area contributed by atoms with Crippen LogP contribution in [0.4, 0.5) is 0 Å². The van der Waals surface area contributed by atoms with E-state index in [2.05, 4.69) is 17.1 Å². The van der Waals surface area contributed by atoms with Gasteiger partial charge in [0, 0.05) is 44.5 Å². The lowest BCUT2D eigenvalue weighted by Gasteiger charge is -2.20. The molecule has 2 amide bonds. The minimum absolute atomic E-state index is 0.0339. The van der Waals surface area contributed by atoms with Crippen LogP contribution in [0.15, 0.2) is 60.0 Å². The molecule has 150 valence electrons. The molecule has 0 atom stereocenters. The molecule has 0 spiro atoms. The fourth-order valence-corrected chi connectivity index (χ4v) is 3.78. The zero-order valence-electron chi connectivity index (χ0n) is 17.0. The van der Waals surface area contributed by atoms with E-state index < -0.39 is 0 Å². The molecule has 0 saturated heterocycles. The van der Waals surface area contributed by atoms with Crippen LogP contribution in [0.25, 0.3) is 0 Å². The van der Waals surface area contributed by atoms with Gasteiger partial charge in [0.1, 0.15) is 5.69 Å². The Labute approximate surface area is 175 Å². The van der Waals surface area contributed by atoms with Crippen molar-refractivity contribution in [3.8, 4) is 0 Å². The summed E-state index contributed by atoms with van der Waals surface area (Å²) < 4.78 is 0. The summed E-state index contributed by atoms with van der Waals surface area (Å²) in [6.45, 7) is 3.03. The first-order valence-electron chi connectivity index (χ1n) is 9.56. The van der Waals surface area contributed by atoms with Crippen molar-refractivity contribution in [3.05, 3.63) is 87.4 Å². The number of carbonyl (C=O) groups excluding carboxylic acids is 2. The lowest BCUT2D eigenvalue weighted by Crippen LogP contribution is -2.30. The Morgan fingerprint density at radius 2 is 1.62 bits per heavy atom. The van der Waals surface area contributed by atoms with E-state index in [1.165, 1.54) is 16.9 Å². The van der Waals surface area contributed by atoms with Gasteiger partial charge in [-0.2, -0.15) is 0 Å². The van der Waals surface area contributed by atoms with E-state index in [-0.39, 0.29) is 11.8 Å². The average Bonchev–Trinajstić information content (AvgIpc) is 3.20. The average molecular weight is 408 g/mol. The van der Waals surface area contributed by atoms with Crippen molar-refractivity contribution in [3.63, 3.8) is 0 Å². The molecule has 3 rings (SSSR count). The maximum Gasteiger partial charge on any atom is 0.273 e. The maximum atomic E-state index is 12.9. The predicted octanol–water partition coefficient (Wildman–Crippen LogP) is 4.10. The van der Waals surface area contributed by atoms with Crippen molar-refractivity contribution in [2.24, 2.45) is 0 Å². The summed E-state index contributed by atoms with van der Waals surface area (Å²) >= 11 is 1.51.